The maximum atomic E-state index is 11.4. The van der Waals surface area contributed by atoms with Gasteiger partial charge in [0.05, 0.1) is 10.6 Å². The molecule has 0 heterocycles. The number of rotatable bonds is 5. The number of nitrogens with one attached hydrogen (secondary N) is 2. The summed E-state index contributed by atoms with van der Waals surface area (Å²) in [5.41, 5.74) is 4.22. The van der Waals surface area contributed by atoms with Crippen molar-refractivity contribution in [1.29, 1.82) is 0 Å². The molecular weight excluding hydrogens is 294 g/mol. The van der Waals surface area contributed by atoms with Crippen molar-refractivity contribution in [2.75, 3.05) is 12.8 Å². The normalized spacial score (nSPS) is 11.8. The number of hydrazone groups is 1. The fraction of sp³-hybridized carbons (Fsp3) is 0.231. The molecule has 0 radical (unpaired) electrons. The second kappa shape index (κ2) is 7.16. The zero-order valence-electron chi connectivity index (χ0n) is 11.4. The first-order valence-electron chi connectivity index (χ1n) is 5.84. The van der Waals surface area contributed by atoms with Gasteiger partial charge in [0.2, 0.25) is 0 Å². The van der Waals surface area contributed by atoms with E-state index in [1.807, 2.05) is 0 Å². The van der Waals surface area contributed by atoms with Crippen LogP contribution in [0.5, 0.6) is 0 Å². The zero-order chi connectivity index (χ0) is 15.2. The summed E-state index contributed by atoms with van der Waals surface area (Å²) in [7, 11) is -3.18. The zero-order valence-corrected chi connectivity index (χ0v) is 13.0. The van der Waals surface area contributed by atoms with E-state index in [-0.39, 0.29) is 4.90 Å². The van der Waals surface area contributed by atoms with Gasteiger partial charge in [0.25, 0.3) is 0 Å². The van der Waals surface area contributed by atoms with E-state index < -0.39 is 9.84 Å². The van der Waals surface area contributed by atoms with Crippen molar-refractivity contribution in [3.63, 3.8) is 0 Å². The minimum Gasteiger partial charge on any atom is -0.358 e. The predicted octanol–water partition coefficient (Wildman–Crippen LogP) is 1.46. The molecule has 0 aliphatic carbocycles. The molecule has 1 rings (SSSR count). The molecule has 0 unspecified atom stereocenters. The number of hydrogen-bond acceptors (Lipinski definition) is 4. The Bertz CT molecular complexity index is 620. The molecule has 2 N–H and O–H groups in total. The van der Waals surface area contributed by atoms with Crippen LogP contribution in [-0.2, 0) is 9.84 Å². The lowest BCUT2D eigenvalue weighted by molar-refractivity contribution is 0.602. The summed E-state index contributed by atoms with van der Waals surface area (Å²) in [5, 5.41) is 7.40. The van der Waals surface area contributed by atoms with Crippen molar-refractivity contribution >= 4 is 32.9 Å². The van der Waals surface area contributed by atoms with Crippen molar-refractivity contribution in [2.45, 2.75) is 11.8 Å². The summed E-state index contributed by atoms with van der Waals surface area (Å²) in [6.45, 7) is 5.93. The predicted molar refractivity (Wildman–Crippen MR) is 85.7 cm³/mol. The van der Waals surface area contributed by atoms with E-state index in [2.05, 4.69) is 22.4 Å². The molecule has 0 amide bonds. The van der Waals surface area contributed by atoms with Gasteiger partial charge in [-0.2, -0.15) is 5.10 Å². The number of sulfone groups is 1. The Morgan fingerprint density at radius 3 is 2.50 bits per heavy atom. The first-order valence-corrected chi connectivity index (χ1v) is 8.14. The molecule has 7 heteroatoms. The SMILES string of the molecule is C=CCNC(=S)N/N=C(/C)c1ccc(S(C)(=O)=O)cc1. The van der Waals surface area contributed by atoms with Gasteiger partial charge in [-0.05, 0) is 36.8 Å². The van der Waals surface area contributed by atoms with Crippen LogP contribution in [0, 0.1) is 0 Å². The van der Waals surface area contributed by atoms with Crippen molar-refractivity contribution in [3.05, 3.63) is 42.5 Å². The van der Waals surface area contributed by atoms with E-state index in [1.165, 1.54) is 6.26 Å². The molecule has 0 aliphatic heterocycles. The summed E-state index contributed by atoms with van der Waals surface area (Å²) < 4.78 is 22.7. The van der Waals surface area contributed by atoms with Gasteiger partial charge in [0, 0.05) is 12.8 Å². The molecule has 0 aromatic heterocycles. The summed E-state index contributed by atoms with van der Waals surface area (Å²) in [6, 6.07) is 6.52. The molecule has 1 aromatic rings. The van der Waals surface area contributed by atoms with Crippen molar-refractivity contribution in [2.24, 2.45) is 5.10 Å². The smallest absolute Gasteiger partial charge is 0.187 e. The third-order valence-electron chi connectivity index (χ3n) is 2.43. The monoisotopic (exact) mass is 311 g/mol. The van der Waals surface area contributed by atoms with Crippen LogP contribution in [0.15, 0.2) is 46.9 Å². The van der Waals surface area contributed by atoms with Crippen LogP contribution >= 0.6 is 12.2 Å². The van der Waals surface area contributed by atoms with Gasteiger partial charge in [-0.25, -0.2) is 8.42 Å². The molecular formula is C13H17N3O2S2. The van der Waals surface area contributed by atoms with Crippen LogP contribution in [0.25, 0.3) is 0 Å². The van der Waals surface area contributed by atoms with Crippen LogP contribution in [-0.4, -0.2) is 32.0 Å². The fourth-order valence-corrected chi connectivity index (χ4v) is 2.11. The lowest BCUT2D eigenvalue weighted by Crippen LogP contribution is -2.32. The summed E-state index contributed by atoms with van der Waals surface area (Å²) in [5.74, 6) is 0. The highest BCUT2D eigenvalue weighted by Crippen LogP contribution is 2.10. The molecule has 0 aliphatic rings. The average molecular weight is 311 g/mol. The van der Waals surface area contributed by atoms with Crippen molar-refractivity contribution in [3.8, 4) is 0 Å². The number of hydrogen-bond donors (Lipinski definition) is 2. The molecule has 0 bridgehead atoms. The first kappa shape index (κ1) is 16.3. The lowest BCUT2D eigenvalue weighted by Gasteiger charge is -2.06. The van der Waals surface area contributed by atoms with Crippen LogP contribution in [0.4, 0.5) is 0 Å². The fourth-order valence-electron chi connectivity index (χ4n) is 1.35. The Hall–Kier alpha value is -1.73. The number of thiocarbonyl (C=S) groups is 1. The number of benzene rings is 1. The highest BCUT2D eigenvalue weighted by molar-refractivity contribution is 7.90. The number of nitrogens with zero attached hydrogens (tertiary/aromatic N) is 1. The second-order valence-electron chi connectivity index (χ2n) is 4.10. The molecule has 0 spiro atoms. The highest BCUT2D eigenvalue weighted by Gasteiger charge is 2.07. The molecule has 108 valence electrons. The molecule has 0 saturated heterocycles. The van der Waals surface area contributed by atoms with Gasteiger partial charge >= 0.3 is 0 Å². The van der Waals surface area contributed by atoms with Gasteiger partial charge in [0.15, 0.2) is 14.9 Å². The minimum atomic E-state index is -3.18. The van der Waals surface area contributed by atoms with Crippen molar-refractivity contribution < 1.29 is 8.42 Å². The topological polar surface area (TPSA) is 70.6 Å². The standard InChI is InChI=1S/C13H17N3O2S2/c1-4-9-14-13(19)16-15-10(2)11-5-7-12(8-6-11)20(3,17)18/h4-8H,1,9H2,2-3H3,(H2,14,16,19)/b15-10-. The van der Waals surface area contributed by atoms with Crippen LogP contribution < -0.4 is 10.7 Å². The summed E-state index contributed by atoms with van der Waals surface area (Å²) in [6.07, 6.45) is 2.86. The van der Waals surface area contributed by atoms with Crippen LogP contribution in [0.2, 0.25) is 0 Å². The van der Waals surface area contributed by atoms with Gasteiger partial charge < -0.3 is 5.32 Å². The Morgan fingerprint density at radius 2 is 2.00 bits per heavy atom. The molecule has 0 atom stereocenters. The largest absolute Gasteiger partial charge is 0.358 e. The summed E-state index contributed by atoms with van der Waals surface area (Å²) in [4.78, 5) is 0.283. The average Bonchev–Trinajstić information content (AvgIpc) is 2.41. The summed E-state index contributed by atoms with van der Waals surface area (Å²) >= 11 is 5.00. The quantitative estimate of drug-likeness (QED) is 0.373. The van der Waals surface area contributed by atoms with E-state index in [9.17, 15) is 8.42 Å². The molecule has 0 fully saturated rings. The minimum absolute atomic E-state index is 0.283. The maximum absolute atomic E-state index is 11.4. The van der Waals surface area contributed by atoms with Gasteiger partial charge in [-0.3, -0.25) is 5.43 Å². The Labute approximate surface area is 124 Å². The molecule has 20 heavy (non-hydrogen) atoms. The van der Waals surface area contributed by atoms with E-state index in [4.69, 9.17) is 12.2 Å². The molecule has 5 nitrogen and oxygen atoms in total. The highest BCUT2D eigenvalue weighted by atomic mass is 32.2. The van der Waals surface area contributed by atoms with Crippen LogP contribution in [0.3, 0.4) is 0 Å². The van der Waals surface area contributed by atoms with Gasteiger partial charge in [-0.15, -0.1) is 6.58 Å². The Balaban J connectivity index is 2.75. The van der Waals surface area contributed by atoms with E-state index in [1.54, 1.807) is 37.3 Å². The second-order valence-corrected chi connectivity index (χ2v) is 6.53. The van der Waals surface area contributed by atoms with E-state index in [0.717, 1.165) is 5.56 Å². The molecule has 0 saturated carbocycles. The van der Waals surface area contributed by atoms with Crippen LogP contribution in [0.1, 0.15) is 12.5 Å². The molecule has 1 aromatic carbocycles. The van der Waals surface area contributed by atoms with E-state index in [0.29, 0.717) is 17.4 Å². The third kappa shape index (κ3) is 5.10. The maximum Gasteiger partial charge on any atom is 0.187 e. The Morgan fingerprint density at radius 1 is 1.40 bits per heavy atom. The van der Waals surface area contributed by atoms with Gasteiger partial charge in [-0.1, -0.05) is 18.2 Å². The Kier molecular flexibility index (Phi) is 5.84. The van der Waals surface area contributed by atoms with E-state index >= 15 is 0 Å². The first-order chi connectivity index (χ1) is 9.34. The lowest BCUT2D eigenvalue weighted by atomic mass is 10.1. The van der Waals surface area contributed by atoms with Gasteiger partial charge in [0.1, 0.15) is 0 Å². The van der Waals surface area contributed by atoms with Crippen molar-refractivity contribution in [1.82, 2.24) is 10.7 Å². The third-order valence-corrected chi connectivity index (χ3v) is 3.80.